The van der Waals surface area contributed by atoms with Gasteiger partial charge in [-0.3, -0.25) is 0 Å². The second-order valence-corrected chi connectivity index (χ2v) is 6.08. The van der Waals surface area contributed by atoms with Crippen LogP contribution in [0.4, 0.5) is 0 Å². The smallest absolute Gasteiger partial charge is 0.241 e. The zero-order valence-electron chi connectivity index (χ0n) is 12.9. The van der Waals surface area contributed by atoms with Crippen molar-refractivity contribution in [1.29, 1.82) is 0 Å². The van der Waals surface area contributed by atoms with Crippen molar-refractivity contribution in [2.45, 2.75) is 12.5 Å². The fourth-order valence-electron chi connectivity index (χ4n) is 2.87. The molecule has 0 amide bonds. The highest BCUT2D eigenvalue weighted by Gasteiger charge is 2.19. The van der Waals surface area contributed by atoms with Crippen molar-refractivity contribution in [3.05, 3.63) is 53.6 Å². The van der Waals surface area contributed by atoms with Crippen molar-refractivity contribution in [2.75, 3.05) is 13.1 Å². The van der Waals surface area contributed by atoms with Crippen LogP contribution in [-0.2, 0) is 0 Å². The van der Waals surface area contributed by atoms with Gasteiger partial charge in [-0.25, -0.2) is 0 Å². The van der Waals surface area contributed by atoms with Crippen LogP contribution < -0.4 is 10.1 Å². The number of nitrogens with zero attached hydrogens (tertiary/aromatic N) is 2. The Kier molecular flexibility index (Phi) is 5.19. The Morgan fingerprint density at radius 2 is 1.75 bits per heavy atom. The van der Waals surface area contributed by atoms with Gasteiger partial charge in [0.2, 0.25) is 5.88 Å². The first-order valence-corrected chi connectivity index (χ1v) is 8.08. The van der Waals surface area contributed by atoms with Crippen LogP contribution >= 0.6 is 24.0 Å². The number of nitrogens with one attached hydrogen (secondary N) is 1. The second kappa shape index (κ2) is 7.34. The summed E-state index contributed by atoms with van der Waals surface area (Å²) in [6.07, 6.45) is 1.16. The lowest BCUT2D eigenvalue weighted by Crippen LogP contribution is -2.20. The minimum atomic E-state index is 0. The minimum Gasteiger partial charge on any atom is -0.471 e. The molecule has 4 nitrogen and oxygen atoms in total. The number of benzene rings is 2. The van der Waals surface area contributed by atoms with Gasteiger partial charge >= 0.3 is 0 Å². The van der Waals surface area contributed by atoms with Gasteiger partial charge in [0.05, 0.1) is 0 Å². The predicted molar refractivity (Wildman–Crippen MR) is 99.1 cm³/mol. The molecule has 4 rings (SSSR count). The topological polar surface area (TPSA) is 47.0 Å². The van der Waals surface area contributed by atoms with Crippen molar-refractivity contribution in [1.82, 2.24) is 15.5 Å². The average molecular weight is 362 g/mol. The highest BCUT2D eigenvalue weighted by atomic mass is 35.5. The molecule has 24 heavy (non-hydrogen) atoms. The van der Waals surface area contributed by atoms with Gasteiger partial charge in [0.25, 0.3) is 0 Å². The second-order valence-electron chi connectivity index (χ2n) is 5.64. The largest absolute Gasteiger partial charge is 0.471 e. The van der Waals surface area contributed by atoms with Gasteiger partial charge in [-0.05, 0) is 31.2 Å². The number of rotatable bonds is 3. The molecule has 2 aromatic carbocycles. The van der Waals surface area contributed by atoms with Gasteiger partial charge < -0.3 is 10.1 Å². The summed E-state index contributed by atoms with van der Waals surface area (Å²) in [5.41, 5.74) is 1.83. The van der Waals surface area contributed by atoms with Crippen LogP contribution in [0.1, 0.15) is 6.42 Å². The van der Waals surface area contributed by atoms with E-state index in [-0.39, 0.29) is 18.5 Å². The first-order valence-electron chi connectivity index (χ1n) is 7.70. The molecule has 6 heteroatoms. The molecule has 1 aliphatic rings. The first kappa shape index (κ1) is 17.0. The lowest BCUT2D eigenvalue weighted by atomic mass is 10.1. The molecule has 3 aromatic rings. The standard InChI is InChI=1S/C18H16ClN3O.ClH/c19-13-7-5-12(6-8-13)17-15-3-1-2-4-16(15)18(22-21-17)23-14-9-10-20-11-14;/h1-8,14,20H,9-11H2;1H. The van der Waals surface area contributed by atoms with Gasteiger partial charge in [-0.1, -0.05) is 41.9 Å². The summed E-state index contributed by atoms with van der Waals surface area (Å²) in [5, 5.41) is 14.8. The van der Waals surface area contributed by atoms with Crippen molar-refractivity contribution < 1.29 is 4.74 Å². The summed E-state index contributed by atoms with van der Waals surface area (Å²) in [6.45, 7) is 1.84. The number of hydrogen-bond acceptors (Lipinski definition) is 4. The van der Waals surface area contributed by atoms with E-state index in [1.165, 1.54) is 0 Å². The molecule has 1 aliphatic heterocycles. The van der Waals surface area contributed by atoms with Gasteiger partial charge in [-0.15, -0.1) is 22.6 Å². The highest BCUT2D eigenvalue weighted by Crippen LogP contribution is 2.31. The SMILES string of the molecule is Cl.Clc1ccc(-c2nnc(OC3CCNC3)c3ccccc23)cc1. The Bertz CT molecular complexity index is 833. The van der Waals surface area contributed by atoms with Crippen molar-refractivity contribution >= 4 is 34.8 Å². The van der Waals surface area contributed by atoms with Crippen LogP contribution in [0, 0.1) is 0 Å². The van der Waals surface area contributed by atoms with Crippen molar-refractivity contribution in [3.8, 4) is 17.1 Å². The predicted octanol–water partition coefficient (Wildman–Crippen LogP) is 4.11. The van der Waals surface area contributed by atoms with Gasteiger partial charge in [0.15, 0.2) is 0 Å². The fraction of sp³-hybridized carbons (Fsp3) is 0.222. The third-order valence-electron chi connectivity index (χ3n) is 4.06. The zero-order valence-corrected chi connectivity index (χ0v) is 14.5. The molecule has 0 spiro atoms. The highest BCUT2D eigenvalue weighted by molar-refractivity contribution is 6.30. The Morgan fingerprint density at radius 3 is 2.46 bits per heavy atom. The maximum atomic E-state index is 6.04. The van der Waals surface area contributed by atoms with Crippen molar-refractivity contribution in [2.24, 2.45) is 0 Å². The molecule has 1 fully saturated rings. The monoisotopic (exact) mass is 361 g/mol. The van der Waals surface area contributed by atoms with Crippen molar-refractivity contribution in [3.63, 3.8) is 0 Å². The van der Waals surface area contributed by atoms with Crippen LogP contribution in [0.25, 0.3) is 22.0 Å². The summed E-state index contributed by atoms with van der Waals surface area (Å²) in [4.78, 5) is 0. The molecule has 0 saturated carbocycles. The van der Waals surface area contributed by atoms with E-state index in [9.17, 15) is 0 Å². The molecule has 0 radical (unpaired) electrons. The lowest BCUT2D eigenvalue weighted by molar-refractivity contribution is 0.215. The zero-order chi connectivity index (χ0) is 15.6. The maximum absolute atomic E-state index is 6.04. The van der Waals surface area contributed by atoms with Crippen LogP contribution in [0.15, 0.2) is 48.5 Å². The van der Waals surface area contributed by atoms with E-state index in [2.05, 4.69) is 15.5 Å². The molecule has 2 heterocycles. The Hall–Kier alpha value is -1.88. The van der Waals surface area contributed by atoms with E-state index in [1.54, 1.807) is 0 Å². The normalized spacial score (nSPS) is 16.8. The molecule has 0 aliphatic carbocycles. The molecule has 1 N–H and O–H groups in total. The van der Waals surface area contributed by atoms with E-state index in [4.69, 9.17) is 16.3 Å². The molecular formula is C18H17Cl2N3O. The molecule has 1 aromatic heterocycles. The molecule has 124 valence electrons. The van der Waals surface area contributed by atoms with Crippen LogP contribution in [-0.4, -0.2) is 29.4 Å². The summed E-state index contributed by atoms with van der Waals surface area (Å²) in [7, 11) is 0. The van der Waals surface area contributed by atoms with E-state index in [0.717, 1.165) is 41.5 Å². The van der Waals surface area contributed by atoms with Gasteiger partial charge in [0.1, 0.15) is 11.8 Å². The quantitative estimate of drug-likeness (QED) is 0.762. The van der Waals surface area contributed by atoms with Crippen LogP contribution in [0.3, 0.4) is 0 Å². The van der Waals surface area contributed by atoms with E-state index >= 15 is 0 Å². The summed E-state index contributed by atoms with van der Waals surface area (Å²) in [5.74, 6) is 0.604. The summed E-state index contributed by atoms with van der Waals surface area (Å²) >= 11 is 5.98. The van der Waals surface area contributed by atoms with Crippen LogP contribution in [0.2, 0.25) is 5.02 Å². The molecule has 1 unspecified atom stereocenters. The molecule has 1 saturated heterocycles. The number of aromatic nitrogens is 2. The van der Waals surface area contributed by atoms with Gasteiger partial charge in [-0.2, -0.15) is 0 Å². The first-order chi connectivity index (χ1) is 11.3. The summed E-state index contributed by atoms with van der Waals surface area (Å²) < 4.78 is 6.04. The Labute approximate surface area is 151 Å². The van der Waals surface area contributed by atoms with E-state index in [1.807, 2.05) is 48.5 Å². The molecule has 0 bridgehead atoms. The van der Waals surface area contributed by atoms with E-state index < -0.39 is 0 Å². The molecule has 1 atom stereocenters. The average Bonchev–Trinajstić information content (AvgIpc) is 3.09. The third-order valence-corrected chi connectivity index (χ3v) is 4.32. The summed E-state index contributed by atoms with van der Waals surface area (Å²) in [6, 6.07) is 15.7. The third kappa shape index (κ3) is 3.31. The molecular weight excluding hydrogens is 345 g/mol. The lowest BCUT2D eigenvalue weighted by Gasteiger charge is -2.14. The number of ether oxygens (including phenoxy) is 1. The number of halogens is 2. The van der Waals surface area contributed by atoms with Gasteiger partial charge in [0, 0.05) is 27.9 Å². The number of fused-ring (bicyclic) bond motifs is 1. The fourth-order valence-corrected chi connectivity index (χ4v) is 3.00. The number of hydrogen-bond donors (Lipinski definition) is 1. The van der Waals surface area contributed by atoms with E-state index in [0.29, 0.717) is 10.9 Å². The Morgan fingerprint density at radius 1 is 1.00 bits per heavy atom. The minimum absolute atomic E-state index is 0. The Balaban J connectivity index is 0.00000169. The van der Waals surface area contributed by atoms with Crippen LogP contribution in [0.5, 0.6) is 5.88 Å². The maximum Gasteiger partial charge on any atom is 0.241 e.